The zero-order chi connectivity index (χ0) is 17.8. The topological polar surface area (TPSA) is 84.2 Å². The van der Waals surface area contributed by atoms with Crippen LogP contribution in [0.2, 0.25) is 0 Å². The van der Waals surface area contributed by atoms with Gasteiger partial charge in [-0.25, -0.2) is 0 Å². The van der Waals surface area contributed by atoms with Gasteiger partial charge in [0.05, 0.1) is 17.0 Å². The van der Waals surface area contributed by atoms with Crippen LogP contribution >= 0.6 is 11.8 Å². The molecular weight excluding hydrogens is 338 g/mol. The van der Waals surface area contributed by atoms with Crippen LogP contribution in [0.4, 0.5) is 5.82 Å². The number of nitrogens with zero attached hydrogens (tertiary/aromatic N) is 1. The smallest absolute Gasteiger partial charge is 0.238 e. The summed E-state index contributed by atoms with van der Waals surface area (Å²) in [6, 6.07) is 9.92. The molecule has 2 aromatic rings. The Morgan fingerprint density at radius 3 is 2.96 bits per heavy atom. The van der Waals surface area contributed by atoms with Gasteiger partial charge in [-0.05, 0) is 37.8 Å². The number of thioether (sulfide) groups is 1. The van der Waals surface area contributed by atoms with Crippen molar-refractivity contribution < 1.29 is 14.1 Å². The first-order valence-electron chi connectivity index (χ1n) is 8.26. The molecule has 1 aromatic carbocycles. The minimum atomic E-state index is -0.362. The molecule has 1 heterocycles. The molecule has 0 radical (unpaired) electrons. The first kappa shape index (κ1) is 17.5. The summed E-state index contributed by atoms with van der Waals surface area (Å²) in [6.45, 7) is 3.53. The van der Waals surface area contributed by atoms with Gasteiger partial charge in [0.15, 0.2) is 5.82 Å². The zero-order valence-corrected chi connectivity index (χ0v) is 15.1. The number of carbonyl (C=O) groups is 2. The Kier molecular flexibility index (Phi) is 5.43. The lowest BCUT2D eigenvalue weighted by atomic mass is 10.1. The quantitative estimate of drug-likeness (QED) is 0.828. The van der Waals surface area contributed by atoms with Crippen LogP contribution in [0.1, 0.15) is 36.3 Å². The number of carbonyl (C=O) groups excluding carboxylic acids is 2. The van der Waals surface area contributed by atoms with Gasteiger partial charge in [0.1, 0.15) is 5.76 Å². The molecule has 0 aliphatic heterocycles. The van der Waals surface area contributed by atoms with E-state index in [1.165, 1.54) is 22.9 Å². The Morgan fingerprint density at radius 1 is 1.40 bits per heavy atom. The van der Waals surface area contributed by atoms with E-state index < -0.39 is 0 Å². The van der Waals surface area contributed by atoms with Crippen molar-refractivity contribution in [3.63, 3.8) is 0 Å². The number of aromatic nitrogens is 1. The lowest BCUT2D eigenvalue weighted by Gasteiger charge is -2.15. The molecule has 1 aliphatic rings. The summed E-state index contributed by atoms with van der Waals surface area (Å²) in [7, 11) is 0. The fraction of sp³-hybridized carbons (Fsp3) is 0.389. The maximum atomic E-state index is 12.2. The van der Waals surface area contributed by atoms with Crippen molar-refractivity contribution in [3.8, 4) is 0 Å². The second kappa shape index (κ2) is 7.74. The third-order valence-electron chi connectivity index (χ3n) is 4.18. The average Bonchev–Trinajstić information content (AvgIpc) is 3.19. The van der Waals surface area contributed by atoms with E-state index in [0.717, 1.165) is 12.8 Å². The number of hydrogen-bond acceptors (Lipinski definition) is 5. The molecule has 2 unspecified atom stereocenters. The van der Waals surface area contributed by atoms with Crippen LogP contribution in [0.25, 0.3) is 0 Å². The molecule has 1 aromatic heterocycles. The van der Waals surface area contributed by atoms with Crippen molar-refractivity contribution in [1.29, 1.82) is 0 Å². The summed E-state index contributed by atoms with van der Waals surface area (Å²) in [5.74, 6) is 1.01. The van der Waals surface area contributed by atoms with Gasteiger partial charge in [-0.2, -0.15) is 0 Å². The number of amides is 2. The van der Waals surface area contributed by atoms with E-state index in [4.69, 9.17) is 4.52 Å². The van der Waals surface area contributed by atoms with Crippen LogP contribution in [-0.2, 0) is 16.0 Å². The number of nitrogens with one attached hydrogen (secondary N) is 2. The Morgan fingerprint density at radius 2 is 2.20 bits per heavy atom. The van der Waals surface area contributed by atoms with Crippen LogP contribution in [0.3, 0.4) is 0 Å². The number of fused-ring (bicyclic) bond motifs is 1. The predicted molar refractivity (Wildman–Crippen MR) is 97.4 cm³/mol. The second-order valence-electron chi connectivity index (χ2n) is 6.12. The number of hydrogen-bond donors (Lipinski definition) is 2. The molecule has 1 aliphatic carbocycles. The van der Waals surface area contributed by atoms with Gasteiger partial charge in [-0.3, -0.25) is 9.59 Å². The Hall–Kier alpha value is -2.28. The van der Waals surface area contributed by atoms with Crippen molar-refractivity contribution in [3.05, 3.63) is 47.2 Å². The lowest BCUT2D eigenvalue weighted by Crippen LogP contribution is -2.30. The van der Waals surface area contributed by atoms with Crippen molar-refractivity contribution in [2.24, 2.45) is 0 Å². The molecule has 0 spiro atoms. The first-order chi connectivity index (χ1) is 12.0. The molecule has 2 amide bonds. The summed E-state index contributed by atoms with van der Waals surface area (Å²) >= 11 is 1.30. The predicted octanol–water partition coefficient (Wildman–Crippen LogP) is 2.85. The minimum Gasteiger partial charge on any atom is -0.360 e. The summed E-state index contributed by atoms with van der Waals surface area (Å²) in [5.41, 5.74) is 2.50. The lowest BCUT2D eigenvalue weighted by molar-refractivity contribution is -0.119. The molecule has 0 bridgehead atoms. The Labute approximate surface area is 150 Å². The highest BCUT2D eigenvalue weighted by Crippen LogP contribution is 2.30. The molecule has 0 fully saturated rings. The normalized spacial score (nSPS) is 17.0. The monoisotopic (exact) mass is 359 g/mol. The molecular formula is C18H21N3O3S. The Balaban J connectivity index is 1.45. The van der Waals surface area contributed by atoms with E-state index in [0.29, 0.717) is 11.6 Å². The zero-order valence-electron chi connectivity index (χ0n) is 14.2. The van der Waals surface area contributed by atoms with Crippen LogP contribution in [-0.4, -0.2) is 28.0 Å². The number of rotatable bonds is 6. The third kappa shape index (κ3) is 4.42. The van der Waals surface area contributed by atoms with Crippen LogP contribution in [0.5, 0.6) is 0 Å². The van der Waals surface area contributed by atoms with Gasteiger partial charge in [-0.1, -0.05) is 29.4 Å². The molecule has 0 saturated carbocycles. The maximum Gasteiger partial charge on any atom is 0.238 e. The highest BCUT2D eigenvalue weighted by Gasteiger charge is 2.24. The second-order valence-corrected chi connectivity index (χ2v) is 7.45. The fourth-order valence-corrected chi connectivity index (χ4v) is 3.57. The minimum absolute atomic E-state index is 0.0522. The Bertz CT molecular complexity index is 774. The molecule has 0 saturated heterocycles. The third-order valence-corrected chi connectivity index (χ3v) is 5.32. The summed E-state index contributed by atoms with van der Waals surface area (Å²) in [6.07, 6.45) is 1.92. The maximum absolute atomic E-state index is 12.2. The van der Waals surface area contributed by atoms with Crippen molar-refractivity contribution >= 4 is 29.4 Å². The fourth-order valence-electron chi connectivity index (χ4n) is 2.87. The molecule has 3 rings (SSSR count). The van der Waals surface area contributed by atoms with Crippen LogP contribution < -0.4 is 10.6 Å². The van der Waals surface area contributed by atoms with E-state index >= 15 is 0 Å². The number of anilines is 1. The van der Waals surface area contributed by atoms with Crippen molar-refractivity contribution in [2.45, 2.75) is 38.0 Å². The van der Waals surface area contributed by atoms with Gasteiger partial charge < -0.3 is 15.2 Å². The number of aryl methyl sites for hydroxylation is 2. The van der Waals surface area contributed by atoms with Gasteiger partial charge in [0.2, 0.25) is 11.8 Å². The average molecular weight is 359 g/mol. The summed E-state index contributed by atoms with van der Waals surface area (Å²) < 4.78 is 4.91. The molecule has 7 heteroatoms. The standard InChI is InChI=1S/C18H21N3O3S/c1-11-9-16(21-24-11)20-18(23)12(2)25-10-17(22)19-15-8-7-13-5-3-4-6-14(13)15/h3-6,9,12,15H,7-8,10H2,1-2H3,(H,19,22)(H,20,21,23). The van der Waals surface area contributed by atoms with E-state index in [9.17, 15) is 9.59 Å². The first-order valence-corrected chi connectivity index (χ1v) is 9.31. The highest BCUT2D eigenvalue weighted by atomic mass is 32.2. The number of benzene rings is 1. The van der Waals surface area contributed by atoms with E-state index in [1.807, 2.05) is 12.1 Å². The van der Waals surface area contributed by atoms with E-state index in [-0.39, 0.29) is 28.9 Å². The highest BCUT2D eigenvalue weighted by molar-refractivity contribution is 8.01. The van der Waals surface area contributed by atoms with E-state index in [2.05, 4.69) is 27.9 Å². The van der Waals surface area contributed by atoms with Crippen LogP contribution in [0, 0.1) is 6.92 Å². The van der Waals surface area contributed by atoms with E-state index in [1.54, 1.807) is 19.9 Å². The van der Waals surface area contributed by atoms with Crippen molar-refractivity contribution in [1.82, 2.24) is 10.5 Å². The molecule has 132 valence electrons. The van der Waals surface area contributed by atoms with Crippen molar-refractivity contribution in [2.75, 3.05) is 11.1 Å². The largest absolute Gasteiger partial charge is 0.360 e. The summed E-state index contributed by atoms with van der Waals surface area (Å²) in [5, 5.41) is 9.10. The SMILES string of the molecule is Cc1cc(NC(=O)C(C)SCC(=O)NC2CCc3ccccc32)no1. The molecule has 6 nitrogen and oxygen atoms in total. The van der Waals surface area contributed by atoms with Gasteiger partial charge in [-0.15, -0.1) is 11.8 Å². The van der Waals surface area contributed by atoms with Gasteiger partial charge in [0, 0.05) is 6.07 Å². The van der Waals surface area contributed by atoms with Gasteiger partial charge >= 0.3 is 0 Å². The molecule has 25 heavy (non-hydrogen) atoms. The summed E-state index contributed by atoms with van der Waals surface area (Å²) in [4.78, 5) is 24.3. The molecule has 2 atom stereocenters. The van der Waals surface area contributed by atoms with Gasteiger partial charge in [0.25, 0.3) is 0 Å². The molecule has 2 N–H and O–H groups in total. The van der Waals surface area contributed by atoms with Crippen LogP contribution in [0.15, 0.2) is 34.9 Å².